The van der Waals surface area contributed by atoms with Gasteiger partial charge in [0, 0.05) is 22.9 Å². The summed E-state index contributed by atoms with van der Waals surface area (Å²) in [5.41, 5.74) is 1.14. The number of ether oxygens (including phenoxy) is 1. The molecule has 1 saturated heterocycles. The van der Waals surface area contributed by atoms with Crippen molar-refractivity contribution in [3.8, 4) is 5.75 Å². The average molecular weight is 443 g/mol. The second-order valence-electron chi connectivity index (χ2n) is 6.60. The molecule has 1 N–H and O–H groups in total. The van der Waals surface area contributed by atoms with Gasteiger partial charge in [0.1, 0.15) is 11.3 Å². The predicted molar refractivity (Wildman–Crippen MR) is 113 cm³/mol. The molecular formula is C21H19BrN2O4. The van der Waals surface area contributed by atoms with Gasteiger partial charge in [-0.05, 0) is 43.2 Å². The molecule has 28 heavy (non-hydrogen) atoms. The molecule has 1 fully saturated rings. The van der Waals surface area contributed by atoms with Crippen LogP contribution in [0.1, 0.15) is 23.2 Å². The zero-order valence-electron chi connectivity index (χ0n) is 15.3. The van der Waals surface area contributed by atoms with Gasteiger partial charge in [-0.1, -0.05) is 28.1 Å². The van der Waals surface area contributed by atoms with Gasteiger partial charge in [-0.15, -0.1) is 0 Å². The summed E-state index contributed by atoms with van der Waals surface area (Å²) in [6.45, 7) is 1.66. The summed E-state index contributed by atoms with van der Waals surface area (Å²) in [5, 5.41) is 3.58. The number of carbonyl (C=O) groups is 1. The van der Waals surface area contributed by atoms with E-state index in [9.17, 15) is 9.59 Å². The Labute approximate surface area is 170 Å². The maximum atomic E-state index is 13.0. The maximum absolute atomic E-state index is 13.0. The molecule has 4 rings (SSSR count). The van der Waals surface area contributed by atoms with Gasteiger partial charge in [0.15, 0.2) is 5.69 Å². The third kappa shape index (κ3) is 3.38. The van der Waals surface area contributed by atoms with E-state index in [2.05, 4.69) is 26.1 Å². The molecular weight excluding hydrogens is 424 g/mol. The number of hydrogen-bond acceptors (Lipinski definition) is 5. The molecule has 0 saturated carbocycles. The lowest BCUT2D eigenvalue weighted by Crippen LogP contribution is -2.26. The van der Waals surface area contributed by atoms with E-state index in [0.29, 0.717) is 22.6 Å². The van der Waals surface area contributed by atoms with E-state index < -0.39 is 11.5 Å². The number of fused-ring (bicyclic) bond motifs is 1. The molecule has 1 aliphatic rings. The summed E-state index contributed by atoms with van der Waals surface area (Å²) in [4.78, 5) is 27.9. The summed E-state index contributed by atoms with van der Waals surface area (Å²) < 4.78 is 11.5. The number of anilines is 2. The number of nitrogens with zero attached hydrogens (tertiary/aromatic N) is 1. The first kappa shape index (κ1) is 18.6. The van der Waals surface area contributed by atoms with E-state index in [1.807, 2.05) is 18.2 Å². The lowest BCUT2D eigenvalue weighted by Gasteiger charge is -2.22. The Morgan fingerprint density at radius 1 is 1.18 bits per heavy atom. The van der Waals surface area contributed by atoms with Crippen LogP contribution in [0.3, 0.4) is 0 Å². The van der Waals surface area contributed by atoms with Crippen LogP contribution < -0.4 is 20.6 Å². The molecule has 0 bridgehead atoms. The smallest absolute Gasteiger partial charge is 0.362 e. The minimum Gasteiger partial charge on any atom is -0.496 e. The van der Waals surface area contributed by atoms with E-state index in [4.69, 9.17) is 9.15 Å². The highest BCUT2D eigenvalue weighted by molar-refractivity contribution is 9.10. The van der Waals surface area contributed by atoms with Crippen molar-refractivity contribution in [3.05, 3.63) is 62.9 Å². The standard InChI is InChI=1S/C21H19BrN2O4/c1-27-16-9-8-13(22)12-15(16)20(25)23-18-19(24-10-4-5-11-24)14-6-2-3-7-17(14)28-21(18)26/h2-3,6-9,12H,4-5,10-11H2,1H3,(H,23,25). The van der Waals surface area contributed by atoms with Crippen molar-refractivity contribution < 1.29 is 13.9 Å². The number of benzene rings is 2. The molecule has 1 aliphatic heterocycles. The molecule has 0 radical (unpaired) electrons. The van der Waals surface area contributed by atoms with Gasteiger partial charge in [-0.25, -0.2) is 4.79 Å². The van der Waals surface area contributed by atoms with Gasteiger partial charge in [-0.3, -0.25) is 4.79 Å². The van der Waals surface area contributed by atoms with Crippen LogP contribution in [0.4, 0.5) is 11.4 Å². The Morgan fingerprint density at radius 2 is 1.93 bits per heavy atom. The van der Waals surface area contributed by atoms with Crippen molar-refractivity contribution >= 4 is 44.2 Å². The molecule has 1 amide bonds. The lowest BCUT2D eigenvalue weighted by atomic mass is 10.1. The van der Waals surface area contributed by atoms with Crippen LogP contribution in [0, 0.1) is 0 Å². The largest absolute Gasteiger partial charge is 0.496 e. The van der Waals surface area contributed by atoms with Crippen molar-refractivity contribution in [2.24, 2.45) is 0 Å². The van der Waals surface area contributed by atoms with Crippen LogP contribution in [0.25, 0.3) is 11.0 Å². The summed E-state index contributed by atoms with van der Waals surface area (Å²) in [6.07, 6.45) is 2.09. The summed E-state index contributed by atoms with van der Waals surface area (Å²) in [7, 11) is 1.50. The quantitative estimate of drug-likeness (QED) is 0.605. The SMILES string of the molecule is COc1ccc(Br)cc1C(=O)Nc1c(N2CCCC2)c2ccccc2oc1=O. The predicted octanol–water partition coefficient (Wildman–Crippen LogP) is 4.42. The fourth-order valence-electron chi connectivity index (χ4n) is 3.55. The number of amides is 1. The van der Waals surface area contributed by atoms with E-state index >= 15 is 0 Å². The summed E-state index contributed by atoms with van der Waals surface area (Å²) in [6, 6.07) is 12.5. The van der Waals surface area contributed by atoms with Gasteiger partial charge in [-0.2, -0.15) is 0 Å². The Morgan fingerprint density at radius 3 is 2.68 bits per heavy atom. The first-order valence-corrected chi connectivity index (χ1v) is 9.83. The van der Waals surface area contributed by atoms with Gasteiger partial charge < -0.3 is 19.4 Å². The number of carbonyl (C=O) groups excluding carboxylic acids is 1. The highest BCUT2D eigenvalue weighted by atomic mass is 79.9. The molecule has 0 aliphatic carbocycles. The van der Waals surface area contributed by atoms with Crippen LogP contribution in [0.2, 0.25) is 0 Å². The first-order chi connectivity index (χ1) is 13.6. The zero-order valence-corrected chi connectivity index (χ0v) is 16.9. The number of halogens is 1. The minimum absolute atomic E-state index is 0.160. The normalized spacial score (nSPS) is 13.7. The van der Waals surface area contributed by atoms with Gasteiger partial charge in [0.25, 0.3) is 5.91 Å². The number of hydrogen-bond donors (Lipinski definition) is 1. The minimum atomic E-state index is -0.567. The Hall–Kier alpha value is -2.80. The Kier molecular flexibility index (Phi) is 5.09. The third-order valence-electron chi connectivity index (χ3n) is 4.85. The van der Waals surface area contributed by atoms with E-state index in [-0.39, 0.29) is 5.69 Å². The van der Waals surface area contributed by atoms with Crippen molar-refractivity contribution in [1.82, 2.24) is 0 Å². The van der Waals surface area contributed by atoms with Gasteiger partial charge in [0.05, 0.1) is 18.4 Å². The summed E-state index contributed by atoms with van der Waals surface area (Å²) >= 11 is 3.37. The van der Waals surface area contributed by atoms with Crippen LogP contribution in [0.5, 0.6) is 5.75 Å². The molecule has 144 valence electrons. The fraction of sp³-hybridized carbons (Fsp3) is 0.238. The van der Waals surface area contributed by atoms with Gasteiger partial charge >= 0.3 is 5.63 Å². The Balaban J connectivity index is 1.84. The third-order valence-corrected chi connectivity index (χ3v) is 5.35. The molecule has 0 unspecified atom stereocenters. The highest BCUT2D eigenvalue weighted by Gasteiger charge is 2.25. The van der Waals surface area contributed by atoms with Crippen LogP contribution in [-0.4, -0.2) is 26.1 Å². The number of rotatable bonds is 4. The summed E-state index contributed by atoms with van der Waals surface area (Å²) in [5.74, 6) is -0.00484. The van der Waals surface area contributed by atoms with Crippen molar-refractivity contribution in [1.29, 1.82) is 0 Å². The molecule has 7 heteroatoms. The number of methoxy groups -OCH3 is 1. The van der Waals surface area contributed by atoms with Crippen molar-refractivity contribution in [3.63, 3.8) is 0 Å². The number of para-hydroxylation sites is 1. The molecule has 3 aromatic rings. The monoisotopic (exact) mass is 442 g/mol. The van der Waals surface area contributed by atoms with E-state index in [0.717, 1.165) is 35.8 Å². The van der Waals surface area contributed by atoms with Crippen molar-refractivity contribution in [2.75, 3.05) is 30.4 Å². The highest BCUT2D eigenvalue weighted by Crippen LogP contribution is 2.35. The first-order valence-electron chi connectivity index (χ1n) is 9.04. The second-order valence-corrected chi connectivity index (χ2v) is 7.52. The molecule has 0 spiro atoms. The van der Waals surface area contributed by atoms with Crippen LogP contribution >= 0.6 is 15.9 Å². The molecule has 0 atom stereocenters. The van der Waals surface area contributed by atoms with E-state index in [1.54, 1.807) is 24.3 Å². The van der Waals surface area contributed by atoms with E-state index in [1.165, 1.54) is 7.11 Å². The second kappa shape index (κ2) is 7.67. The topological polar surface area (TPSA) is 71.8 Å². The number of nitrogens with one attached hydrogen (secondary N) is 1. The lowest BCUT2D eigenvalue weighted by molar-refractivity contribution is 0.102. The van der Waals surface area contributed by atoms with Gasteiger partial charge in [0.2, 0.25) is 0 Å². The van der Waals surface area contributed by atoms with Crippen LogP contribution in [-0.2, 0) is 0 Å². The average Bonchev–Trinajstić information content (AvgIpc) is 3.22. The Bertz CT molecular complexity index is 1100. The molecule has 2 heterocycles. The zero-order chi connectivity index (χ0) is 19.7. The fourth-order valence-corrected chi connectivity index (χ4v) is 3.91. The maximum Gasteiger partial charge on any atom is 0.362 e. The van der Waals surface area contributed by atoms with Crippen LogP contribution in [0.15, 0.2) is 56.1 Å². The molecule has 6 nitrogen and oxygen atoms in total. The van der Waals surface area contributed by atoms with Crippen molar-refractivity contribution in [2.45, 2.75) is 12.8 Å². The molecule has 2 aromatic carbocycles. The molecule has 1 aromatic heterocycles.